The molecule has 0 aliphatic rings. The summed E-state index contributed by atoms with van der Waals surface area (Å²) in [5.41, 5.74) is 16.8. The Morgan fingerprint density at radius 2 is 1.93 bits per heavy atom. The smallest absolute Gasteiger partial charge is 0.193 e. The van der Waals surface area contributed by atoms with Crippen LogP contribution in [0.25, 0.3) is 5.69 Å². The lowest BCUT2D eigenvalue weighted by atomic mass is 10.1. The van der Waals surface area contributed by atoms with E-state index in [1.165, 1.54) is 27.9 Å². The van der Waals surface area contributed by atoms with Crippen molar-refractivity contribution in [2.24, 2.45) is 10.7 Å². The maximum Gasteiger partial charge on any atom is 0.193 e. The van der Waals surface area contributed by atoms with Gasteiger partial charge in [0.2, 0.25) is 0 Å². The van der Waals surface area contributed by atoms with Gasteiger partial charge in [-0.2, -0.15) is 10.4 Å². The van der Waals surface area contributed by atoms with Crippen LogP contribution in [0.1, 0.15) is 28.8 Å². The van der Waals surface area contributed by atoms with Gasteiger partial charge in [0.25, 0.3) is 0 Å². The van der Waals surface area contributed by atoms with Crippen LogP contribution in [-0.4, -0.2) is 22.3 Å². The average Bonchev–Trinajstić information content (AvgIpc) is 3.04. The summed E-state index contributed by atoms with van der Waals surface area (Å²) in [6, 6.07) is 13.9. The van der Waals surface area contributed by atoms with E-state index in [2.05, 4.69) is 28.4 Å². The van der Waals surface area contributed by atoms with Gasteiger partial charge < -0.3 is 16.8 Å². The number of nitrogen functional groups attached to an aromatic ring is 1. The van der Waals surface area contributed by atoms with Gasteiger partial charge in [-0.25, -0.2) is 9.07 Å². The third-order valence-electron chi connectivity index (χ3n) is 4.81. The number of aliphatic imine (C=N–C) groups is 1. The van der Waals surface area contributed by atoms with Gasteiger partial charge in [-0.3, -0.25) is 4.99 Å². The van der Waals surface area contributed by atoms with E-state index in [9.17, 15) is 9.65 Å². The van der Waals surface area contributed by atoms with Crippen molar-refractivity contribution in [3.05, 3.63) is 70.7 Å². The Morgan fingerprint density at radius 1 is 1.20 bits per heavy atom. The van der Waals surface area contributed by atoms with Crippen molar-refractivity contribution in [3.8, 4) is 11.8 Å². The van der Waals surface area contributed by atoms with Crippen LogP contribution < -0.4 is 16.8 Å². The van der Waals surface area contributed by atoms with Gasteiger partial charge in [0.05, 0.1) is 11.4 Å². The number of hydrogen-bond donors (Lipinski definition) is 3. The maximum atomic E-state index is 13.2. The zero-order chi connectivity index (χ0) is 21.7. The second-order valence-corrected chi connectivity index (χ2v) is 7.00. The highest BCUT2D eigenvalue weighted by Crippen LogP contribution is 2.22. The number of guanidine groups is 1. The Balaban J connectivity index is 1.63. The van der Waals surface area contributed by atoms with Crippen LogP contribution in [-0.2, 0) is 6.42 Å². The highest BCUT2D eigenvalue weighted by molar-refractivity contribution is 5.92. The number of aryl methyl sites for hydroxylation is 3. The van der Waals surface area contributed by atoms with E-state index in [1.54, 1.807) is 12.1 Å². The molecule has 154 valence electrons. The van der Waals surface area contributed by atoms with Crippen LogP contribution in [0.2, 0.25) is 0 Å². The number of halogens is 1. The number of aromatic nitrogens is 2. The standard InChI is InChI=1S/C22H24FN7/c1-14-5-8-17(12-15(14)2)28-22(26)27-11-3-4-20-19(13-24)21(25)30(29-20)18-9-6-16(23)7-10-18/h5-10,12H,3-4,11,25H2,1-2H3,(H3,26,27,28). The van der Waals surface area contributed by atoms with Crippen molar-refractivity contribution in [2.45, 2.75) is 26.7 Å². The number of hydrogen-bond acceptors (Lipinski definition) is 4. The zero-order valence-corrected chi connectivity index (χ0v) is 17.0. The number of benzene rings is 2. The van der Waals surface area contributed by atoms with Crippen LogP contribution in [0.4, 0.5) is 15.9 Å². The third-order valence-corrected chi connectivity index (χ3v) is 4.81. The average molecular weight is 405 g/mol. The molecule has 0 atom stereocenters. The molecule has 0 fully saturated rings. The Hall–Kier alpha value is -3.86. The van der Waals surface area contributed by atoms with Crippen molar-refractivity contribution < 1.29 is 4.39 Å². The molecule has 1 heterocycles. The fraction of sp³-hybridized carbons (Fsp3) is 0.227. The molecule has 3 rings (SSSR count). The second-order valence-electron chi connectivity index (χ2n) is 7.00. The molecule has 0 aliphatic carbocycles. The Bertz CT molecular complexity index is 1110. The molecule has 0 spiro atoms. The molecule has 7 nitrogen and oxygen atoms in total. The van der Waals surface area contributed by atoms with Crippen LogP contribution >= 0.6 is 0 Å². The number of nitrogens with two attached hydrogens (primary N) is 2. The Labute approximate surface area is 174 Å². The topological polar surface area (TPSA) is 118 Å². The number of nitrogens with one attached hydrogen (secondary N) is 1. The molecular formula is C22H24FN7. The molecule has 0 saturated carbocycles. The molecule has 1 aromatic heterocycles. The Kier molecular flexibility index (Phi) is 6.32. The van der Waals surface area contributed by atoms with Gasteiger partial charge in [-0.15, -0.1) is 0 Å². The molecule has 5 N–H and O–H groups in total. The third kappa shape index (κ3) is 4.75. The molecule has 30 heavy (non-hydrogen) atoms. The predicted molar refractivity (Wildman–Crippen MR) is 117 cm³/mol. The molecule has 0 amide bonds. The quantitative estimate of drug-likeness (QED) is 0.330. The summed E-state index contributed by atoms with van der Waals surface area (Å²) in [6.07, 6.45) is 1.16. The summed E-state index contributed by atoms with van der Waals surface area (Å²) in [5.74, 6) is 0.212. The van der Waals surface area contributed by atoms with Crippen LogP contribution in [0.3, 0.4) is 0 Å². The lowest BCUT2D eigenvalue weighted by molar-refractivity contribution is 0.627. The second kappa shape index (κ2) is 9.09. The minimum absolute atomic E-state index is 0.235. The summed E-state index contributed by atoms with van der Waals surface area (Å²) in [6.45, 7) is 4.56. The molecule has 0 bridgehead atoms. The minimum Gasteiger partial charge on any atom is -0.382 e. The first-order valence-corrected chi connectivity index (χ1v) is 9.56. The fourth-order valence-electron chi connectivity index (χ4n) is 3.01. The largest absolute Gasteiger partial charge is 0.382 e. The lowest BCUT2D eigenvalue weighted by Gasteiger charge is -2.08. The van der Waals surface area contributed by atoms with E-state index in [-0.39, 0.29) is 11.6 Å². The summed E-state index contributed by atoms with van der Waals surface area (Å²) in [7, 11) is 0. The summed E-state index contributed by atoms with van der Waals surface area (Å²) < 4.78 is 14.6. The van der Waals surface area contributed by atoms with Gasteiger partial charge in [0.1, 0.15) is 23.3 Å². The molecule has 0 unspecified atom stereocenters. The first-order valence-electron chi connectivity index (χ1n) is 9.56. The molecule has 0 saturated heterocycles. The first-order chi connectivity index (χ1) is 14.4. The van der Waals surface area contributed by atoms with E-state index >= 15 is 0 Å². The van der Waals surface area contributed by atoms with Gasteiger partial charge in [0.15, 0.2) is 5.96 Å². The molecule has 3 aromatic rings. The van der Waals surface area contributed by atoms with E-state index in [0.29, 0.717) is 42.3 Å². The molecule has 8 heteroatoms. The minimum atomic E-state index is -0.352. The van der Waals surface area contributed by atoms with Crippen LogP contribution in [0.15, 0.2) is 47.5 Å². The Morgan fingerprint density at radius 3 is 2.60 bits per heavy atom. The van der Waals surface area contributed by atoms with E-state index in [4.69, 9.17) is 11.5 Å². The van der Waals surface area contributed by atoms with Gasteiger partial charge >= 0.3 is 0 Å². The highest BCUT2D eigenvalue weighted by Gasteiger charge is 2.16. The van der Waals surface area contributed by atoms with E-state index in [0.717, 1.165) is 5.69 Å². The first kappa shape index (κ1) is 20.9. The fourth-order valence-corrected chi connectivity index (χ4v) is 3.01. The van der Waals surface area contributed by atoms with E-state index in [1.807, 2.05) is 25.1 Å². The van der Waals surface area contributed by atoms with E-state index < -0.39 is 0 Å². The molecule has 0 aliphatic heterocycles. The number of anilines is 2. The van der Waals surface area contributed by atoms with Gasteiger partial charge in [0, 0.05) is 12.2 Å². The van der Waals surface area contributed by atoms with Crippen LogP contribution in [0, 0.1) is 31.0 Å². The number of rotatable bonds is 6. The summed E-state index contributed by atoms with van der Waals surface area (Å²) in [4.78, 5) is 4.33. The maximum absolute atomic E-state index is 13.2. The van der Waals surface area contributed by atoms with Gasteiger partial charge in [-0.1, -0.05) is 6.07 Å². The number of nitrogens with zero attached hydrogens (tertiary/aromatic N) is 4. The van der Waals surface area contributed by atoms with Crippen molar-refractivity contribution in [2.75, 3.05) is 17.6 Å². The predicted octanol–water partition coefficient (Wildman–Crippen LogP) is 3.44. The van der Waals surface area contributed by atoms with Gasteiger partial charge in [-0.05, 0) is 74.2 Å². The lowest BCUT2D eigenvalue weighted by Crippen LogP contribution is -2.23. The van der Waals surface area contributed by atoms with Crippen molar-refractivity contribution in [3.63, 3.8) is 0 Å². The zero-order valence-electron chi connectivity index (χ0n) is 17.0. The van der Waals surface area contributed by atoms with Crippen molar-refractivity contribution in [1.29, 1.82) is 5.26 Å². The monoisotopic (exact) mass is 405 g/mol. The summed E-state index contributed by atoms with van der Waals surface area (Å²) >= 11 is 0. The van der Waals surface area contributed by atoms with Crippen LogP contribution in [0.5, 0.6) is 0 Å². The SMILES string of the molecule is Cc1ccc(NC(N)=NCCCc2nn(-c3ccc(F)cc3)c(N)c2C#N)cc1C. The molecule has 0 radical (unpaired) electrons. The normalized spacial score (nSPS) is 11.3. The van der Waals surface area contributed by atoms with Crippen molar-refractivity contribution in [1.82, 2.24) is 9.78 Å². The number of nitriles is 1. The summed E-state index contributed by atoms with van der Waals surface area (Å²) in [5, 5.41) is 17.0. The molecule has 2 aromatic carbocycles. The van der Waals surface area contributed by atoms with Crippen molar-refractivity contribution >= 4 is 17.5 Å². The molecular weight excluding hydrogens is 381 g/mol. The highest BCUT2D eigenvalue weighted by atomic mass is 19.1.